The maximum atomic E-state index is 13.3. The summed E-state index contributed by atoms with van der Waals surface area (Å²) in [5, 5.41) is 9.74. The van der Waals surface area contributed by atoms with Gasteiger partial charge in [-0.25, -0.2) is 0 Å². The van der Waals surface area contributed by atoms with Gasteiger partial charge in [-0.1, -0.05) is 43.7 Å². The number of ether oxygens (including phenoxy) is 1. The molecule has 2 aliphatic heterocycles. The summed E-state index contributed by atoms with van der Waals surface area (Å²) in [5.41, 5.74) is 1.22. The second kappa shape index (κ2) is 9.77. The Labute approximate surface area is 198 Å². The molecule has 2 saturated heterocycles. The molecule has 170 valence electrons. The van der Waals surface area contributed by atoms with Crippen molar-refractivity contribution in [3.63, 3.8) is 0 Å². The Morgan fingerprint density at radius 2 is 1.94 bits per heavy atom. The predicted octanol–water partition coefficient (Wildman–Crippen LogP) is 3.42. The highest BCUT2D eigenvalue weighted by atomic mass is 32.2. The SMILES string of the molecule is CCCn1c(N2CCOCC2)c(/C=C2\SC(=S)N(C3CCCC3)C2=O)c(C)c(C#N)c1=O. The van der Waals surface area contributed by atoms with Crippen LogP contribution in [0.25, 0.3) is 6.08 Å². The summed E-state index contributed by atoms with van der Waals surface area (Å²) in [6.45, 7) is 6.75. The molecule has 9 heteroatoms. The Kier molecular flexibility index (Phi) is 7.03. The first-order valence-electron chi connectivity index (χ1n) is 11.2. The first-order valence-corrected chi connectivity index (χ1v) is 12.5. The number of carbonyl (C=O) groups excluding carboxylic acids is 1. The van der Waals surface area contributed by atoms with Crippen LogP contribution in [0, 0.1) is 18.3 Å². The van der Waals surface area contributed by atoms with Crippen molar-refractivity contribution in [3.05, 3.63) is 31.9 Å². The van der Waals surface area contributed by atoms with Crippen LogP contribution in [0.3, 0.4) is 0 Å². The molecule has 32 heavy (non-hydrogen) atoms. The third kappa shape index (κ3) is 4.12. The number of morpholine rings is 1. The Balaban J connectivity index is 1.86. The van der Waals surface area contributed by atoms with Gasteiger partial charge in [0.15, 0.2) is 0 Å². The van der Waals surface area contributed by atoms with Crippen molar-refractivity contribution >= 4 is 46.1 Å². The molecular formula is C23H28N4O3S2. The average Bonchev–Trinajstić information content (AvgIpc) is 3.40. The molecule has 0 aromatic carbocycles. The smallest absolute Gasteiger partial charge is 0.270 e. The fourth-order valence-electron chi connectivity index (χ4n) is 4.78. The number of nitriles is 1. The molecule has 0 N–H and O–H groups in total. The zero-order valence-electron chi connectivity index (χ0n) is 18.6. The predicted molar refractivity (Wildman–Crippen MR) is 131 cm³/mol. The first kappa shape index (κ1) is 23.0. The van der Waals surface area contributed by atoms with Gasteiger partial charge in [-0.05, 0) is 37.8 Å². The van der Waals surface area contributed by atoms with Crippen molar-refractivity contribution in [2.24, 2.45) is 0 Å². The molecule has 1 aliphatic carbocycles. The van der Waals surface area contributed by atoms with Gasteiger partial charge in [0.05, 0.1) is 18.1 Å². The number of rotatable bonds is 5. The molecule has 0 unspecified atom stereocenters. The average molecular weight is 473 g/mol. The lowest BCUT2D eigenvalue weighted by Gasteiger charge is -2.33. The molecule has 0 bridgehead atoms. The van der Waals surface area contributed by atoms with Gasteiger partial charge in [0.2, 0.25) is 0 Å². The number of hydrogen-bond donors (Lipinski definition) is 0. The summed E-state index contributed by atoms with van der Waals surface area (Å²) in [6.07, 6.45) is 6.81. The minimum absolute atomic E-state index is 0.0639. The van der Waals surface area contributed by atoms with Gasteiger partial charge in [0, 0.05) is 31.2 Å². The van der Waals surface area contributed by atoms with Crippen LogP contribution in [0.5, 0.6) is 0 Å². The van der Waals surface area contributed by atoms with Crippen molar-refractivity contribution in [2.45, 2.75) is 58.5 Å². The van der Waals surface area contributed by atoms with Crippen molar-refractivity contribution < 1.29 is 9.53 Å². The monoisotopic (exact) mass is 472 g/mol. The van der Waals surface area contributed by atoms with Crippen LogP contribution in [0.2, 0.25) is 0 Å². The van der Waals surface area contributed by atoms with Crippen molar-refractivity contribution in [1.82, 2.24) is 9.47 Å². The second-order valence-electron chi connectivity index (χ2n) is 8.40. The third-order valence-electron chi connectivity index (χ3n) is 6.39. The molecule has 1 amide bonds. The zero-order chi connectivity index (χ0) is 22.8. The maximum Gasteiger partial charge on any atom is 0.270 e. The van der Waals surface area contributed by atoms with Crippen molar-refractivity contribution in [1.29, 1.82) is 5.26 Å². The van der Waals surface area contributed by atoms with Crippen LogP contribution in [-0.4, -0.2) is 52.0 Å². The van der Waals surface area contributed by atoms with E-state index in [9.17, 15) is 14.9 Å². The first-order chi connectivity index (χ1) is 15.5. The summed E-state index contributed by atoms with van der Waals surface area (Å²) >= 11 is 6.89. The lowest BCUT2D eigenvalue weighted by atomic mass is 10.0. The van der Waals surface area contributed by atoms with Crippen LogP contribution < -0.4 is 10.5 Å². The largest absolute Gasteiger partial charge is 0.378 e. The van der Waals surface area contributed by atoms with E-state index in [4.69, 9.17) is 17.0 Å². The molecule has 7 nitrogen and oxygen atoms in total. The Bertz CT molecular complexity index is 1060. The van der Waals surface area contributed by atoms with E-state index >= 15 is 0 Å². The topological polar surface area (TPSA) is 78.6 Å². The van der Waals surface area contributed by atoms with Gasteiger partial charge in [0.25, 0.3) is 11.5 Å². The molecular weight excluding hydrogens is 444 g/mol. The molecule has 1 aromatic heterocycles. The van der Waals surface area contributed by atoms with E-state index in [1.807, 2.05) is 13.0 Å². The van der Waals surface area contributed by atoms with E-state index in [0.717, 1.165) is 43.5 Å². The summed E-state index contributed by atoms with van der Waals surface area (Å²) in [4.78, 5) is 31.0. The number of aromatic nitrogens is 1. The molecule has 0 radical (unpaired) electrons. The highest BCUT2D eigenvalue weighted by molar-refractivity contribution is 8.26. The third-order valence-corrected chi connectivity index (χ3v) is 7.72. The number of anilines is 1. The van der Waals surface area contributed by atoms with Crippen LogP contribution in [-0.2, 0) is 16.1 Å². The van der Waals surface area contributed by atoms with E-state index in [0.29, 0.717) is 47.6 Å². The standard InChI is InChI=1S/C23H28N4O3S2/c1-3-8-26-20(25-9-11-30-12-10-25)17(15(2)18(14-24)21(26)28)13-19-22(29)27(23(31)32-19)16-6-4-5-7-16/h13,16H,3-12H2,1-2H3/b19-13-. The van der Waals surface area contributed by atoms with Gasteiger partial charge >= 0.3 is 0 Å². The number of thiocarbonyl (C=S) groups is 1. The lowest BCUT2D eigenvalue weighted by molar-refractivity contribution is -0.123. The molecule has 1 aromatic rings. The number of nitrogens with zero attached hydrogens (tertiary/aromatic N) is 4. The quantitative estimate of drug-likeness (QED) is 0.480. The summed E-state index contributed by atoms with van der Waals surface area (Å²) < 4.78 is 7.82. The fourth-order valence-corrected chi connectivity index (χ4v) is 6.16. The fraction of sp³-hybridized carbons (Fsp3) is 0.565. The van der Waals surface area contributed by atoms with Crippen LogP contribution in [0.15, 0.2) is 9.70 Å². The number of amides is 1. The normalized spacial score (nSPS) is 21.1. The summed E-state index contributed by atoms with van der Waals surface area (Å²) in [6, 6.07) is 2.28. The molecule has 3 aliphatic rings. The molecule has 4 rings (SSSR count). The maximum absolute atomic E-state index is 13.3. The number of pyridine rings is 1. The number of carbonyl (C=O) groups is 1. The van der Waals surface area contributed by atoms with E-state index in [1.165, 1.54) is 11.8 Å². The Hall–Kier alpha value is -2.15. The highest BCUT2D eigenvalue weighted by Gasteiger charge is 2.38. The van der Waals surface area contributed by atoms with Gasteiger partial charge in [-0.3, -0.25) is 19.1 Å². The molecule has 3 fully saturated rings. The molecule has 1 saturated carbocycles. The van der Waals surface area contributed by atoms with Gasteiger partial charge in [-0.15, -0.1) is 0 Å². The van der Waals surface area contributed by atoms with E-state index < -0.39 is 0 Å². The molecule has 3 heterocycles. The van der Waals surface area contributed by atoms with E-state index in [-0.39, 0.29) is 23.1 Å². The second-order valence-corrected chi connectivity index (χ2v) is 10.1. The molecule has 0 spiro atoms. The molecule has 0 atom stereocenters. The van der Waals surface area contributed by atoms with E-state index in [1.54, 1.807) is 16.4 Å². The minimum atomic E-state index is -0.274. The van der Waals surface area contributed by atoms with E-state index in [2.05, 4.69) is 11.0 Å². The minimum Gasteiger partial charge on any atom is -0.378 e. The van der Waals surface area contributed by atoms with Crippen LogP contribution in [0.1, 0.15) is 55.7 Å². The summed E-state index contributed by atoms with van der Waals surface area (Å²) in [5.74, 6) is 0.703. The van der Waals surface area contributed by atoms with Crippen molar-refractivity contribution in [3.8, 4) is 6.07 Å². The Morgan fingerprint density at radius 3 is 2.56 bits per heavy atom. The lowest BCUT2D eigenvalue weighted by Crippen LogP contribution is -2.41. The van der Waals surface area contributed by atoms with Crippen LogP contribution >= 0.6 is 24.0 Å². The number of hydrogen-bond acceptors (Lipinski definition) is 7. The summed E-state index contributed by atoms with van der Waals surface area (Å²) in [7, 11) is 0. The van der Waals surface area contributed by atoms with Crippen LogP contribution in [0.4, 0.5) is 5.82 Å². The zero-order valence-corrected chi connectivity index (χ0v) is 20.2. The Morgan fingerprint density at radius 1 is 1.25 bits per heavy atom. The highest BCUT2D eigenvalue weighted by Crippen LogP contribution is 2.39. The van der Waals surface area contributed by atoms with Crippen molar-refractivity contribution in [2.75, 3.05) is 31.2 Å². The van der Waals surface area contributed by atoms with Gasteiger partial charge < -0.3 is 9.64 Å². The van der Waals surface area contributed by atoms with Gasteiger partial charge in [-0.2, -0.15) is 5.26 Å². The van der Waals surface area contributed by atoms with Gasteiger partial charge in [0.1, 0.15) is 21.8 Å². The number of thioether (sulfide) groups is 1.